The Kier molecular flexibility index (Phi) is 3.49. The number of benzene rings is 1. The van der Waals surface area contributed by atoms with Crippen LogP contribution in [0.4, 0.5) is 8.78 Å². The van der Waals surface area contributed by atoms with Crippen LogP contribution in [0.2, 0.25) is 0 Å². The highest BCUT2D eigenvalue weighted by Crippen LogP contribution is 2.70. The standard InChI is InChI=1S/C22H19F2N3O/c1-21(2)14-6-8-22(21,18-10-12(28)7-9-25-18)20-13(14)11-17(26-27-20)19-15(23)4-3-5-16(19)24/h3-5,9-11,14H,6-8H2,1-2H3/t14-,22+/m0/s1. The smallest absolute Gasteiger partial charge is 0.162 e. The van der Waals surface area contributed by atoms with Gasteiger partial charge in [0.05, 0.1) is 28.1 Å². The number of ketones is 1. The molecule has 2 atom stereocenters. The Hall–Kier alpha value is -2.76. The van der Waals surface area contributed by atoms with Crippen molar-refractivity contribution in [3.05, 3.63) is 58.9 Å². The van der Waals surface area contributed by atoms with Crippen LogP contribution in [-0.2, 0) is 10.2 Å². The number of hydrogen-bond acceptors (Lipinski definition) is 4. The number of rotatable bonds is 2. The highest BCUT2D eigenvalue weighted by atomic mass is 19.1. The molecule has 0 amide bonds. The first-order chi connectivity index (χ1) is 13.4. The van der Waals surface area contributed by atoms with E-state index >= 15 is 0 Å². The molecule has 0 N–H and O–H groups in total. The molecule has 1 fully saturated rings. The van der Waals surface area contributed by atoms with Crippen LogP contribution in [0.5, 0.6) is 0 Å². The molecule has 2 bridgehead atoms. The van der Waals surface area contributed by atoms with Gasteiger partial charge < -0.3 is 0 Å². The number of halogens is 2. The molecule has 28 heavy (non-hydrogen) atoms. The fourth-order valence-electron chi connectivity index (χ4n) is 5.47. The van der Waals surface area contributed by atoms with Gasteiger partial charge in [-0.05, 0) is 47.9 Å². The van der Waals surface area contributed by atoms with Gasteiger partial charge in [-0.1, -0.05) is 19.9 Å². The molecule has 2 heterocycles. The van der Waals surface area contributed by atoms with E-state index in [9.17, 15) is 13.6 Å². The fourth-order valence-corrected chi connectivity index (χ4v) is 5.47. The minimum absolute atomic E-state index is 0.0325. The first-order valence-electron chi connectivity index (χ1n) is 9.46. The Balaban J connectivity index is 1.72. The van der Waals surface area contributed by atoms with Gasteiger partial charge in [-0.3, -0.25) is 9.79 Å². The first-order valence-corrected chi connectivity index (χ1v) is 9.46. The summed E-state index contributed by atoms with van der Waals surface area (Å²) >= 11 is 0. The van der Waals surface area contributed by atoms with E-state index in [4.69, 9.17) is 0 Å². The average Bonchev–Trinajstić information content (AvgIpc) is 3.03. The van der Waals surface area contributed by atoms with Crippen molar-refractivity contribution in [1.29, 1.82) is 0 Å². The SMILES string of the molecule is CC1(C)[C@H]2CC[C@@]1(C1=CC(=O)CC=N1)c1nnc(-c3c(F)cccc3F)cc12. The van der Waals surface area contributed by atoms with E-state index < -0.39 is 17.0 Å². The van der Waals surface area contributed by atoms with E-state index in [1.165, 1.54) is 18.2 Å². The maximum atomic E-state index is 14.3. The van der Waals surface area contributed by atoms with Gasteiger partial charge in [0.1, 0.15) is 11.6 Å². The van der Waals surface area contributed by atoms with Crippen molar-refractivity contribution in [3.63, 3.8) is 0 Å². The van der Waals surface area contributed by atoms with Gasteiger partial charge in [-0.2, -0.15) is 5.10 Å². The zero-order chi connectivity index (χ0) is 19.7. The van der Waals surface area contributed by atoms with Gasteiger partial charge in [-0.25, -0.2) is 8.78 Å². The lowest BCUT2D eigenvalue weighted by molar-refractivity contribution is -0.113. The van der Waals surface area contributed by atoms with Gasteiger partial charge in [0.25, 0.3) is 0 Å². The van der Waals surface area contributed by atoms with Gasteiger partial charge in [0.2, 0.25) is 0 Å². The molecule has 0 unspecified atom stereocenters. The lowest BCUT2D eigenvalue weighted by atomic mass is 9.66. The van der Waals surface area contributed by atoms with Crippen molar-refractivity contribution in [1.82, 2.24) is 10.2 Å². The molecule has 6 heteroatoms. The van der Waals surface area contributed by atoms with E-state index in [0.717, 1.165) is 29.8 Å². The topological polar surface area (TPSA) is 55.2 Å². The predicted octanol–water partition coefficient (Wildman–Crippen LogP) is 4.50. The molecule has 0 radical (unpaired) electrons. The van der Waals surface area contributed by atoms with Crippen LogP contribution in [0.1, 0.15) is 50.3 Å². The first kappa shape index (κ1) is 17.3. The Morgan fingerprint density at radius 3 is 2.61 bits per heavy atom. The van der Waals surface area contributed by atoms with Crippen LogP contribution in [-0.4, -0.2) is 22.2 Å². The largest absolute Gasteiger partial charge is 0.294 e. The molecule has 0 spiro atoms. The molecule has 1 aromatic heterocycles. The van der Waals surface area contributed by atoms with E-state index in [0.29, 0.717) is 6.42 Å². The Bertz CT molecular complexity index is 1070. The number of nitrogens with zero attached hydrogens (tertiary/aromatic N) is 3. The third-order valence-corrected chi connectivity index (χ3v) is 6.86. The summed E-state index contributed by atoms with van der Waals surface area (Å²) in [6.07, 6.45) is 5.34. The maximum Gasteiger partial charge on any atom is 0.162 e. The Morgan fingerprint density at radius 1 is 1.14 bits per heavy atom. The number of aromatic nitrogens is 2. The monoisotopic (exact) mass is 379 g/mol. The van der Waals surface area contributed by atoms with E-state index in [-0.39, 0.29) is 28.4 Å². The molecule has 1 aromatic carbocycles. The predicted molar refractivity (Wildman–Crippen MR) is 101 cm³/mol. The lowest BCUT2D eigenvalue weighted by Crippen LogP contribution is -2.38. The van der Waals surface area contributed by atoms with Crippen LogP contribution >= 0.6 is 0 Å². The van der Waals surface area contributed by atoms with E-state index in [1.807, 2.05) is 0 Å². The number of fused-ring (bicyclic) bond motifs is 5. The fraction of sp³-hybridized carbons (Fsp3) is 0.364. The van der Waals surface area contributed by atoms with Crippen molar-refractivity contribution in [3.8, 4) is 11.3 Å². The summed E-state index contributed by atoms with van der Waals surface area (Å²) in [5.74, 6) is -1.11. The van der Waals surface area contributed by atoms with Crippen LogP contribution < -0.4 is 0 Å². The molecular weight excluding hydrogens is 360 g/mol. The van der Waals surface area contributed by atoms with Crippen LogP contribution in [0.25, 0.3) is 11.3 Å². The second-order valence-electron chi connectivity index (χ2n) is 8.36. The third kappa shape index (κ3) is 2.03. The molecule has 142 valence electrons. The third-order valence-electron chi connectivity index (χ3n) is 6.86. The van der Waals surface area contributed by atoms with Crippen molar-refractivity contribution in [2.24, 2.45) is 10.4 Å². The number of allylic oxidation sites excluding steroid dienone is 2. The van der Waals surface area contributed by atoms with Gasteiger partial charge in [0, 0.05) is 18.7 Å². The van der Waals surface area contributed by atoms with Crippen molar-refractivity contribution >= 4 is 12.0 Å². The lowest BCUT2D eigenvalue weighted by Gasteiger charge is -2.38. The number of carbonyl (C=O) groups excluding carboxylic acids is 1. The molecule has 1 saturated carbocycles. The highest BCUT2D eigenvalue weighted by Gasteiger charge is 2.65. The van der Waals surface area contributed by atoms with E-state index in [2.05, 4.69) is 29.0 Å². The number of hydrogen-bond donors (Lipinski definition) is 0. The molecule has 3 aliphatic rings. The minimum atomic E-state index is -0.656. The molecule has 2 aromatic rings. The van der Waals surface area contributed by atoms with Gasteiger partial charge in [-0.15, -0.1) is 5.10 Å². The van der Waals surface area contributed by atoms with Crippen LogP contribution in [0.15, 0.2) is 41.0 Å². The summed E-state index contributed by atoms with van der Waals surface area (Å²) < 4.78 is 28.5. The summed E-state index contributed by atoms with van der Waals surface area (Å²) in [5.41, 5.74) is 1.79. The number of aliphatic imine (C=N–C) groups is 1. The Morgan fingerprint density at radius 2 is 1.89 bits per heavy atom. The second-order valence-corrected chi connectivity index (χ2v) is 8.36. The summed E-state index contributed by atoms with van der Waals surface area (Å²) in [7, 11) is 0. The minimum Gasteiger partial charge on any atom is -0.294 e. The molecule has 4 nitrogen and oxygen atoms in total. The summed E-state index contributed by atoms with van der Waals surface area (Å²) in [6, 6.07) is 5.54. The maximum absolute atomic E-state index is 14.3. The van der Waals surface area contributed by atoms with Crippen LogP contribution in [0, 0.1) is 17.0 Å². The van der Waals surface area contributed by atoms with Crippen molar-refractivity contribution in [2.75, 3.05) is 0 Å². The van der Waals surface area contributed by atoms with Gasteiger partial charge in [0.15, 0.2) is 5.78 Å². The summed E-state index contributed by atoms with van der Waals surface area (Å²) in [4.78, 5) is 16.6. The zero-order valence-electron chi connectivity index (χ0n) is 15.7. The Labute approximate surface area is 161 Å². The molecular formula is C22H19F2N3O. The van der Waals surface area contributed by atoms with E-state index in [1.54, 1.807) is 18.4 Å². The van der Waals surface area contributed by atoms with Crippen LogP contribution in [0.3, 0.4) is 0 Å². The molecule has 2 aliphatic carbocycles. The summed E-state index contributed by atoms with van der Waals surface area (Å²) in [6.45, 7) is 4.32. The zero-order valence-corrected chi connectivity index (χ0v) is 15.7. The van der Waals surface area contributed by atoms with Crippen molar-refractivity contribution < 1.29 is 13.6 Å². The number of carbonyl (C=O) groups is 1. The normalized spacial score (nSPS) is 27.1. The highest BCUT2D eigenvalue weighted by molar-refractivity contribution is 6.02. The summed E-state index contributed by atoms with van der Waals surface area (Å²) in [5, 5.41) is 8.65. The average molecular weight is 379 g/mol. The molecule has 5 rings (SSSR count). The van der Waals surface area contributed by atoms with Gasteiger partial charge >= 0.3 is 0 Å². The van der Waals surface area contributed by atoms with Crippen molar-refractivity contribution in [2.45, 2.75) is 44.4 Å². The molecule has 1 aliphatic heterocycles. The second kappa shape index (κ2) is 5.63. The quantitative estimate of drug-likeness (QED) is 0.772. The molecule has 0 saturated heterocycles.